The summed E-state index contributed by atoms with van der Waals surface area (Å²) in [4.78, 5) is 16.4. The van der Waals surface area contributed by atoms with Crippen LogP contribution in [0.4, 0.5) is 37.3 Å². The maximum Gasteiger partial charge on any atom is 0.417 e. The van der Waals surface area contributed by atoms with Gasteiger partial charge in [-0.15, -0.1) is 0 Å². The second-order valence-corrected chi connectivity index (χ2v) is 12.8. The number of hydrogen-bond donors (Lipinski definition) is 2. The zero-order valence-corrected chi connectivity index (χ0v) is 24.1. The molecule has 3 aliphatic rings. The molecule has 44 heavy (non-hydrogen) atoms. The number of aliphatic hydroxyl groups is 1. The van der Waals surface area contributed by atoms with Crippen molar-refractivity contribution in [2.75, 3.05) is 43.4 Å². The Bertz CT molecular complexity index is 1760. The van der Waals surface area contributed by atoms with Gasteiger partial charge in [-0.05, 0) is 50.4 Å². The molecule has 2 aromatic carbocycles. The van der Waals surface area contributed by atoms with Crippen LogP contribution in [-0.2, 0) is 6.18 Å². The molecule has 3 saturated heterocycles. The van der Waals surface area contributed by atoms with Crippen LogP contribution in [0.15, 0.2) is 18.2 Å². The molecule has 0 aliphatic carbocycles. The van der Waals surface area contributed by atoms with Crippen LogP contribution in [0.25, 0.3) is 32.2 Å². The molecule has 0 spiro atoms. The van der Waals surface area contributed by atoms with Crippen molar-refractivity contribution in [2.24, 2.45) is 0 Å². The van der Waals surface area contributed by atoms with E-state index in [4.69, 9.17) is 10.5 Å². The van der Waals surface area contributed by atoms with E-state index in [-0.39, 0.29) is 70.8 Å². The number of hydrogen-bond acceptors (Lipinski definition) is 9. The lowest BCUT2D eigenvalue weighted by atomic mass is 9.94. The molecule has 15 heteroatoms. The Morgan fingerprint density at radius 1 is 1.09 bits per heavy atom. The Morgan fingerprint density at radius 2 is 1.86 bits per heavy atom. The highest BCUT2D eigenvalue weighted by atomic mass is 32.1. The summed E-state index contributed by atoms with van der Waals surface area (Å²) in [5.41, 5.74) is 2.13. The molecule has 3 N–H and O–H groups in total. The van der Waals surface area contributed by atoms with Gasteiger partial charge in [0, 0.05) is 42.6 Å². The number of fused-ring (bicyclic) bond motifs is 3. The SMILES string of the molecule is Nc1nc2c(-c3c(C(F)(F)F)cc4c(N5CCC(O)CC5)nc(OC[C@@]56CCCN5C[C@H](F)C6)nc4c3F)ccc(F)c2s1. The van der Waals surface area contributed by atoms with E-state index in [1.165, 1.54) is 0 Å². The molecule has 0 radical (unpaired) electrons. The molecular weight excluding hydrogens is 610 g/mol. The summed E-state index contributed by atoms with van der Waals surface area (Å²) >= 11 is 0.745. The summed E-state index contributed by atoms with van der Waals surface area (Å²) < 4.78 is 95.5. The standard InChI is InChI=1S/C29H28F6N6O2S/c30-14-11-28(6-1-7-41(28)12-14)13-43-27-38-22-17(25(39-27)40-8-4-15(42)5-9-40)10-18(29(33,34)35)20(21(22)32)16-2-3-19(31)24-23(16)37-26(36)44-24/h2-3,10,14-15,42H,1,4-9,11-13H2,(H2,36,37)/t14-,28+/m1/s1. The van der Waals surface area contributed by atoms with Gasteiger partial charge in [0.1, 0.15) is 29.9 Å². The van der Waals surface area contributed by atoms with Crippen LogP contribution in [0.3, 0.4) is 0 Å². The van der Waals surface area contributed by atoms with Crippen LogP contribution in [0.1, 0.15) is 37.7 Å². The zero-order chi connectivity index (χ0) is 31.0. The maximum absolute atomic E-state index is 16.7. The Labute approximate surface area is 251 Å². The number of alkyl halides is 4. The summed E-state index contributed by atoms with van der Waals surface area (Å²) in [7, 11) is 0. The molecule has 3 fully saturated rings. The number of nitrogens with two attached hydrogens (primary N) is 1. The van der Waals surface area contributed by atoms with Gasteiger partial charge in [-0.2, -0.15) is 23.1 Å². The lowest BCUT2D eigenvalue weighted by Gasteiger charge is -2.32. The molecule has 0 bridgehead atoms. The average Bonchev–Trinajstić information content (AvgIpc) is 3.64. The van der Waals surface area contributed by atoms with Crippen LogP contribution >= 0.6 is 11.3 Å². The monoisotopic (exact) mass is 638 g/mol. The molecular formula is C29H28F6N6O2S. The lowest BCUT2D eigenvalue weighted by Crippen LogP contribution is -2.43. The first-order valence-electron chi connectivity index (χ1n) is 14.3. The average molecular weight is 639 g/mol. The van der Waals surface area contributed by atoms with Gasteiger partial charge in [-0.3, -0.25) is 4.90 Å². The van der Waals surface area contributed by atoms with Crippen LogP contribution < -0.4 is 15.4 Å². The molecule has 7 rings (SSSR count). The molecule has 0 saturated carbocycles. The van der Waals surface area contributed by atoms with Crippen molar-refractivity contribution in [3.05, 3.63) is 35.4 Å². The molecule has 234 valence electrons. The topological polar surface area (TPSA) is 101 Å². The number of nitrogens with zero attached hydrogens (tertiary/aromatic N) is 5. The minimum atomic E-state index is -5.02. The lowest BCUT2D eigenvalue weighted by molar-refractivity contribution is -0.137. The number of piperidine rings is 1. The van der Waals surface area contributed by atoms with Gasteiger partial charge in [-0.1, -0.05) is 11.3 Å². The van der Waals surface area contributed by atoms with Gasteiger partial charge < -0.3 is 20.5 Å². The summed E-state index contributed by atoms with van der Waals surface area (Å²) in [6, 6.07) is 2.53. The smallest absolute Gasteiger partial charge is 0.417 e. The van der Waals surface area contributed by atoms with Crippen LogP contribution in [0.5, 0.6) is 6.01 Å². The number of anilines is 2. The fourth-order valence-corrected chi connectivity index (χ4v) is 7.67. The highest BCUT2D eigenvalue weighted by molar-refractivity contribution is 7.22. The van der Waals surface area contributed by atoms with Gasteiger partial charge in [0.25, 0.3) is 0 Å². The van der Waals surface area contributed by atoms with Crippen LogP contribution in [-0.4, -0.2) is 75.6 Å². The predicted molar refractivity (Wildman–Crippen MR) is 153 cm³/mol. The van der Waals surface area contributed by atoms with E-state index in [9.17, 15) is 27.1 Å². The Balaban J connectivity index is 1.42. The fraction of sp³-hybridized carbons (Fsp3) is 0.483. The number of nitrogen functional groups attached to an aromatic ring is 1. The molecule has 3 aliphatic heterocycles. The molecule has 2 atom stereocenters. The number of benzene rings is 2. The molecule has 0 amide bonds. The second-order valence-electron chi connectivity index (χ2n) is 11.7. The van der Waals surface area contributed by atoms with E-state index >= 15 is 4.39 Å². The summed E-state index contributed by atoms with van der Waals surface area (Å²) in [6.07, 6.45) is -4.12. The minimum Gasteiger partial charge on any atom is -0.461 e. The first kappa shape index (κ1) is 29.3. The maximum atomic E-state index is 16.7. The first-order chi connectivity index (χ1) is 20.9. The van der Waals surface area contributed by atoms with Crippen LogP contribution in [0, 0.1) is 11.6 Å². The Morgan fingerprint density at radius 3 is 2.61 bits per heavy atom. The van der Waals surface area contributed by atoms with Crippen molar-refractivity contribution < 1.29 is 36.2 Å². The molecule has 8 nitrogen and oxygen atoms in total. The summed E-state index contributed by atoms with van der Waals surface area (Å²) in [5, 5.41) is 9.77. The molecule has 0 unspecified atom stereocenters. The van der Waals surface area contributed by atoms with Crippen LogP contribution in [0.2, 0.25) is 0 Å². The fourth-order valence-electron chi connectivity index (χ4n) is 6.90. The van der Waals surface area contributed by atoms with Crippen molar-refractivity contribution in [3.8, 4) is 17.1 Å². The summed E-state index contributed by atoms with van der Waals surface area (Å²) in [6.45, 7) is 1.55. The van der Waals surface area contributed by atoms with Gasteiger partial charge in [0.2, 0.25) is 0 Å². The van der Waals surface area contributed by atoms with E-state index in [2.05, 4.69) is 15.0 Å². The third-order valence-corrected chi connectivity index (χ3v) is 9.87. The van der Waals surface area contributed by atoms with E-state index in [1.54, 1.807) is 4.90 Å². The quantitative estimate of drug-likeness (QED) is 0.269. The Hall–Kier alpha value is -3.43. The number of halogens is 6. The molecule has 2 aromatic heterocycles. The predicted octanol–water partition coefficient (Wildman–Crippen LogP) is 5.70. The number of aromatic nitrogens is 3. The third kappa shape index (κ3) is 4.88. The number of ether oxygens (including phenoxy) is 1. The minimum absolute atomic E-state index is 0.0306. The van der Waals surface area contributed by atoms with Crippen molar-refractivity contribution in [1.29, 1.82) is 0 Å². The van der Waals surface area contributed by atoms with Crippen molar-refractivity contribution >= 4 is 43.4 Å². The highest BCUT2D eigenvalue weighted by Crippen LogP contribution is 2.46. The van der Waals surface area contributed by atoms with Gasteiger partial charge in [0.05, 0.1) is 27.4 Å². The van der Waals surface area contributed by atoms with E-state index in [0.29, 0.717) is 19.3 Å². The first-order valence-corrected chi connectivity index (χ1v) is 15.2. The van der Waals surface area contributed by atoms with E-state index in [0.717, 1.165) is 42.5 Å². The van der Waals surface area contributed by atoms with E-state index in [1.807, 2.05) is 4.90 Å². The van der Waals surface area contributed by atoms with Gasteiger partial charge in [0.15, 0.2) is 10.9 Å². The summed E-state index contributed by atoms with van der Waals surface area (Å²) in [5.74, 6) is -2.01. The van der Waals surface area contributed by atoms with E-state index < -0.39 is 52.3 Å². The van der Waals surface area contributed by atoms with Gasteiger partial charge in [-0.25, -0.2) is 18.2 Å². The second kappa shape index (κ2) is 10.6. The van der Waals surface area contributed by atoms with Gasteiger partial charge >= 0.3 is 12.2 Å². The molecule has 5 heterocycles. The van der Waals surface area contributed by atoms with Crippen molar-refractivity contribution in [2.45, 2.75) is 56.1 Å². The number of rotatable bonds is 5. The largest absolute Gasteiger partial charge is 0.461 e. The Kier molecular flexibility index (Phi) is 7.05. The zero-order valence-electron chi connectivity index (χ0n) is 23.3. The number of thiazole rings is 1. The van der Waals surface area contributed by atoms with Crippen molar-refractivity contribution in [3.63, 3.8) is 0 Å². The highest BCUT2D eigenvalue weighted by Gasteiger charge is 2.49. The number of aliphatic hydroxyl groups excluding tert-OH is 1. The van der Waals surface area contributed by atoms with Crippen molar-refractivity contribution in [1.82, 2.24) is 19.9 Å². The third-order valence-electron chi connectivity index (χ3n) is 8.97. The molecule has 4 aromatic rings. The normalized spacial score (nSPS) is 23.2.